The Labute approximate surface area is 97.6 Å². The largest absolute Gasteiger partial charge is 0.433 e. The van der Waals surface area contributed by atoms with Gasteiger partial charge in [-0.3, -0.25) is 15.1 Å². The first-order chi connectivity index (χ1) is 8.16. The van der Waals surface area contributed by atoms with Crippen LogP contribution in [0.15, 0.2) is 45.8 Å². The monoisotopic (exact) mass is 230 g/mol. The van der Waals surface area contributed by atoms with Gasteiger partial charge in [-0.1, -0.05) is 18.2 Å². The second kappa shape index (κ2) is 4.61. The van der Waals surface area contributed by atoms with Gasteiger partial charge in [-0.05, 0) is 24.6 Å². The maximum Gasteiger partial charge on any atom is 0.433 e. The van der Waals surface area contributed by atoms with Gasteiger partial charge < -0.3 is 4.42 Å². The van der Waals surface area contributed by atoms with E-state index in [9.17, 15) is 10.1 Å². The summed E-state index contributed by atoms with van der Waals surface area (Å²) in [6.07, 6.45) is 1.47. The Morgan fingerprint density at radius 1 is 1.29 bits per heavy atom. The van der Waals surface area contributed by atoms with E-state index in [-0.39, 0.29) is 5.88 Å². The third-order valence-electron chi connectivity index (χ3n) is 2.24. The highest BCUT2D eigenvalue weighted by atomic mass is 16.6. The van der Waals surface area contributed by atoms with Gasteiger partial charge >= 0.3 is 5.88 Å². The van der Waals surface area contributed by atoms with E-state index in [1.165, 1.54) is 18.3 Å². The van der Waals surface area contributed by atoms with Crippen molar-refractivity contribution in [2.24, 2.45) is 4.99 Å². The van der Waals surface area contributed by atoms with E-state index in [4.69, 9.17) is 4.42 Å². The normalized spacial score (nSPS) is 10.9. The van der Waals surface area contributed by atoms with Crippen LogP contribution in [-0.2, 0) is 0 Å². The van der Waals surface area contributed by atoms with Crippen molar-refractivity contribution in [1.29, 1.82) is 0 Å². The van der Waals surface area contributed by atoms with E-state index < -0.39 is 4.92 Å². The number of aryl methyl sites for hydroxylation is 1. The second-order valence-corrected chi connectivity index (χ2v) is 3.48. The average Bonchev–Trinajstić information content (AvgIpc) is 2.77. The number of hydrogen-bond donors (Lipinski definition) is 0. The fourth-order valence-corrected chi connectivity index (χ4v) is 1.35. The number of nitrogens with zero attached hydrogens (tertiary/aromatic N) is 2. The molecule has 0 bridgehead atoms. The van der Waals surface area contributed by atoms with Gasteiger partial charge in [0, 0.05) is 0 Å². The van der Waals surface area contributed by atoms with Gasteiger partial charge in [0.1, 0.15) is 4.92 Å². The Kier molecular flexibility index (Phi) is 3.00. The molecule has 1 aromatic heterocycles. The lowest BCUT2D eigenvalue weighted by molar-refractivity contribution is -0.402. The third-order valence-corrected chi connectivity index (χ3v) is 2.24. The topological polar surface area (TPSA) is 68.6 Å². The van der Waals surface area contributed by atoms with Crippen molar-refractivity contribution in [3.8, 4) is 0 Å². The maximum absolute atomic E-state index is 10.4. The fraction of sp³-hybridized carbons (Fsp3) is 0.0833. The van der Waals surface area contributed by atoms with E-state index in [1.807, 2.05) is 31.2 Å². The molecule has 2 aromatic rings. The Balaban J connectivity index is 2.20. The van der Waals surface area contributed by atoms with E-state index in [2.05, 4.69) is 4.99 Å². The van der Waals surface area contributed by atoms with Crippen LogP contribution in [0.3, 0.4) is 0 Å². The summed E-state index contributed by atoms with van der Waals surface area (Å²) in [5.41, 5.74) is 1.84. The number of aliphatic imine (C=N–C) groups is 1. The molecule has 5 nitrogen and oxygen atoms in total. The lowest BCUT2D eigenvalue weighted by atomic mass is 10.2. The summed E-state index contributed by atoms with van der Waals surface area (Å²) in [4.78, 5) is 14.0. The van der Waals surface area contributed by atoms with Gasteiger partial charge in [-0.25, -0.2) is 0 Å². The first kappa shape index (κ1) is 11.1. The van der Waals surface area contributed by atoms with Gasteiger partial charge in [0.2, 0.25) is 0 Å². The molecule has 0 aliphatic heterocycles. The summed E-state index contributed by atoms with van der Waals surface area (Å²) in [5, 5.41) is 10.4. The quantitative estimate of drug-likeness (QED) is 0.461. The standard InChI is InChI=1S/C12H10N2O3/c1-9-4-2-3-5-11(9)13-8-10-6-7-12(17-10)14(15)16/h2-8H,1H3. The smallest absolute Gasteiger partial charge is 0.400 e. The minimum atomic E-state index is -0.578. The van der Waals surface area contributed by atoms with Gasteiger partial charge in [0.25, 0.3) is 0 Å². The van der Waals surface area contributed by atoms with Crippen LogP contribution in [0, 0.1) is 17.0 Å². The Hall–Kier alpha value is -2.43. The summed E-state index contributed by atoms with van der Waals surface area (Å²) >= 11 is 0. The molecule has 0 saturated heterocycles. The Morgan fingerprint density at radius 2 is 2.06 bits per heavy atom. The number of furan rings is 1. The molecule has 0 unspecified atom stereocenters. The SMILES string of the molecule is Cc1ccccc1N=Cc1ccc([N+](=O)[O-])o1. The van der Waals surface area contributed by atoms with Crippen LogP contribution in [0.5, 0.6) is 0 Å². The molecule has 0 aliphatic rings. The van der Waals surface area contributed by atoms with Crippen molar-refractivity contribution in [2.75, 3.05) is 0 Å². The molecular formula is C12H10N2O3. The lowest BCUT2D eigenvalue weighted by Gasteiger charge is -1.96. The average molecular weight is 230 g/mol. The molecule has 0 amide bonds. The zero-order valence-electron chi connectivity index (χ0n) is 9.16. The Bertz CT molecular complexity index is 573. The summed E-state index contributed by atoms with van der Waals surface area (Å²) in [7, 11) is 0. The fourth-order valence-electron chi connectivity index (χ4n) is 1.35. The maximum atomic E-state index is 10.4. The molecule has 0 N–H and O–H groups in total. The molecular weight excluding hydrogens is 220 g/mol. The van der Waals surface area contributed by atoms with Crippen molar-refractivity contribution in [2.45, 2.75) is 6.92 Å². The first-order valence-corrected chi connectivity index (χ1v) is 5.01. The summed E-state index contributed by atoms with van der Waals surface area (Å²) < 4.78 is 4.96. The van der Waals surface area contributed by atoms with E-state index in [0.29, 0.717) is 5.76 Å². The second-order valence-electron chi connectivity index (χ2n) is 3.48. The van der Waals surface area contributed by atoms with E-state index in [1.54, 1.807) is 0 Å². The molecule has 86 valence electrons. The van der Waals surface area contributed by atoms with Crippen molar-refractivity contribution in [1.82, 2.24) is 0 Å². The molecule has 0 aliphatic carbocycles. The van der Waals surface area contributed by atoms with Crippen LogP contribution < -0.4 is 0 Å². The number of benzene rings is 1. The van der Waals surface area contributed by atoms with Gasteiger partial charge in [-0.2, -0.15) is 0 Å². The third kappa shape index (κ3) is 2.57. The number of nitro groups is 1. The first-order valence-electron chi connectivity index (χ1n) is 5.01. The zero-order chi connectivity index (χ0) is 12.3. The van der Waals surface area contributed by atoms with Crippen LogP contribution in [-0.4, -0.2) is 11.1 Å². The van der Waals surface area contributed by atoms with Gasteiger partial charge in [0.05, 0.1) is 18.0 Å². The van der Waals surface area contributed by atoms with Crippen LogP contribution in [0.1, 0.15) is 11.3 Å². The number of rotatable bonds is 3. The molecule has 2 rings (SSSR count). The zero-order valence-corrected chi connectivity index (χ0v) is 9.16. The highest BCUT2D eigenvalue weighted by Crippen LogP contribution is 2.18. The minimum absolute atomic E-state index is 0.281. The van der Waals surface area contributed by atoms with Crippen LogP contribution in [0.4, 0.5) is 11.6 Å². The number of hydrogen-bond acceptors (Lipinski definition) is 4. The summed E-state index contributed by atoms with van der Waals surface area (Å²) in [6.45, 7) is 1.94. The molecule has 1 heterocycles. The van der Waals surface area contributed by atoms with Crippen molar-refractivity contribution < 1.29 is 9.34 Å². The van der Waals surface area contributed by atoms with Crippen molar-refractivity contribution in [3.63, 3.8) is 0 Å². The van der Waals surface area contributed by atoms with Crippen LogP contribution in [0.2, 0.25) is 0 Å². The highest BCUT2D eigenvalue weighted by Gasteiger charge is 2.10. The summed E-state index contributed by atoms with van der Waals surface area (Å²) in [5.74, 6) is 0.0798. The van der Waals surface area contributed by atoms with Crippen LogP contribution in [0.25, 0.3) is 0 Å². The van der Waals surface area contributed by atoms with Crippen LogP contribution >= 0.6 is 0 Å². The molecule has 0 atom stereocenters. The molecule has 0 spiro atoms. The molecule has 0 fully saturated rings. The van der Waals surface area contributed by atoms with Crippen molar-refractivity contribution >= 4 is 17.8 Å². The molecule has 0 radical (unpaired) electrons. The van der Waals surface area contributed by atoms with E-state index >= 15 is 0 Å². The van der Waals surface area contributed by atoms with Gasteiger partial charge in [-0.15, -0.1) is 0 Å². The predicted octanol–water partition coefficient (Wildman–Crippen LogP) is 3.25. The van der Waals surface area contributed by atoms with Gasteiger partial charge in [0.15, 0.2) is 5.76 Å². The number of para-hydroxylation sites is 1. The summed E-state index contributed by atoms with van der Waals surface area (Å²) in [6, 6.07) is 10.4. The molecule has 17 heavy (non-hydrogen) atoms. The lowest BCUT2D eigenvalue weighted by Crippen LogP contribution is -1.83. The Morgan fingerprint density at radius 3 is 2.71 bits per heavy atom. The minimum Gasteiger partial charge on any atom is -0.400 e. The highest BCUT2D eigenvalue weighted by molar-refractivity contribution is 5.79. The van der Waals surface area contributed by atoms with E-state index in [0.717, 1.165) is 11.3 Å². The molecule has 1 aromatic carbocycles. The predicted molar refractivity (Wildman–Crippen MR) is 63.8 cm³/mol. The molecule has 5 heteroatoms. The molecule has 0 saturated carbocycles. The van der Waals surface area contributed by atoms with Crippen molar-refractivity contribution in [3.05, 3.63) is 57.8 Å².